The maximum absolute atomic E-state index is 13.2. The summed E-state index contributed by atoms with van der Waals surface area (Å²) in [5.41, 5.74) is 1.37. The van der Waals surface area contributed by atoms with Crippen molar-refractivity contribution in [2.75, 3.05) is 0 Å². The van der Waals surface area contributed by atoms with Gasteiger partial charge in [-0.1, -0.05) is 29.8 Å². The first-order valence-corrected chi connectivity index (χ1v) is 6.29. The second-order valence-electron chi connectivity index (χ2n) is 4.44. The number of aliphatic hydroxyl groups is 1. The van der Waals surface area contributed by atoms with Gasteiger partial charge in [0.25, 0.3) is 0 Å². The van der Waals surface area contributed by atoms with Crippen molar-refractivity contribution in [3.63, 3.8) is 0 Å². The summed E-state index contributed by atoms with van der Waals surface area (Å²) in [5.74, 6) is -0.834. The number of benzene rings is 2. The average molecular weight is 283 g/mol. The van der Waals surface area contributed by atoms with Gasteiger partial charge in [0.05, 0.1) is 11.1 Å². The van der Waals surface area contributed by atoms with E-state index in [1.54, 1.807) is 18.2 Å². The maximum atomic E-state index is 13.2. The standard InChI is InChI=1S/C15H13ClF2O/c16-14-5-4-11(9-15(14)18)8-13(19)7-10-2-1-3-12(17)6-10/h1-6,9,13,19H,7-8H2. The fourth-order valence-corrected chi connectivity index (χ4v) is 2.06. The van der Waals surface area contributed by atoms with E-state index in [2.05, 4.69) is 0 Å². The van der Waals surface area contributed by atoms with E-state index in [0.29, 0.717) is 24.0 Å². The Hall–Kier alpha value is -1.45. The fourth-order valence-electron chi connectivity index (χ4n) is 1.95. The minimum atomic E-state index is -0.692. The van der Waals surface area contributed by atoms with Crippen LogP contribution in [0.3, 0.4) is 0 Å². The summed E-state index contributed by atoms with van der Waals surface area (Å²) in [6.07, 6.45) is -0.0746. The first-order chi connectivity index (χ1) is 9.04. The highest BCUT2D eigenvalue weighted by Gasteiger charge is 2.09. The lowest BCUT2D eigenvalue weighted by atomic mass is 10.0. The Balaban J connectivity index is 2.01. The molecule has 1 nitrogen and oxygen atoms in total. The van der Waals surface area contributed by atoms with Gasteiger partial charge in [-0.05, 0) is 48.2 Å². The highest BCUT2D eigenvalue weighted by atomic mass is 35.5. The van der Waals surface area contributed by atoms with Crippen molar-refractivity contribution in [1.82, 2.24) is 0 Å². The van der Waals surface area contributed by atoms with Crippen molar-refractivity contribution in [3.8, 4) is 0 Å². The topological polar surface area (TPSA) is 20.2 Å². The van der Waals surface area contributed by atoms with Gasteiger partial charge in [-0.3, -0.25) is 0 Å². The summed E-state index contributed by atoms with van der Waals surface area (Å²) >= 11 is 5.59. The second kappa shape index (κ2) is 6.13. The van der Waals surface area contributed by atoms with E-state index in [1.807, 2.05) is 0 Å². The highest BCUT2D eigenvalue weighted by molar-refractivity contribution is 6.30. The summed E-state index contributed by atoms with van der Waals surface area (Å²) in [6.45, 7) is 0. The first-order valence-electron chi connectivity index (χ1n) is 5.91. The third-order valence-corrected chi connectivity index (χ3v) is 3.12. The Kier molecular flexibility index (Phi) is 4.51. The molecule has 0 spiro atoms. The molecule has 0 saturated carbocycles. The Morgan fingerprint density at radius 3 is 2.32 bits per heavy atom. The van der Waals surface area contributed by atoms with Gasteiger partial charge < -0.3 is 5.11 Å². The Morgan fingerprint density at radius 1 is 1.00 bits per heavy atom. The Labute approximate surface area is 115 Å². The van der Waals surface area contributed by atoms with Crippen molar-refractivity contribution < 1.29 is 13.9 Å². The van der Waals surface area contributed by atoms with Gasteiger partial charge in [0, 0.05) is 0 Å². The van der Waals surface area contributed by atoms with E-state index >= 15 is 0 Å². The normalized spacial score (nSPS) is 12.4. The van der Waals surface area contributed by atoms with E-state index in [1.165, 1.54) is 24.3 Å². The van der Waals surface area contributed by atoms with Crippen molar-refractivity contribution in [2.24, 2.45) is 0 Å². The van der Waals surface area contributed by atoms with Crippen LogP contribution >= 0.6 is 11.6 Å². The van der Waals surface area contributed by atoms with Gasteiger partial charge in [0.2, 0.25) is 0 Å². The van der Waals surface area contributed by atoms with Crippen LogP contribution in [-0.4, -0.2) is 11.2 Å². The molecule has 0 heterocycles. The molecule has 2 aromatic carbocycles. The number of aliphatic hydroxyl groups excluding tert-OH is 1. The van der Waals surface area contributed by atoms with Crippen LogP contribution in [0.2, 0.25) is 5.02 Å². The molecule has 19 heavy (non-hydrogen) atoms. The fraction of sp³-hybridized carbons (Fsp3) is 0.200. The minimum absolute atomic E-state index is 0.0587. The maximum Gasteiger partial charge on any atom is 0.142 e. The van der Waals surface area contributed by atoms with Crippen LogP contribution in [0.1, 0.15) is 11.1 Å². The van der Waals surface area contributed by atoms with Gasteiger partial charge in [0.15, 0.2) is 0 Å². The monoisotopic (exact) mass is 282 g/mol. The largest absolute Gasteiger partial charge is 0.392 e. The zero-order valence-corrected chi connectivity index (χ0v) is 10.9. The van der Waals surface area contributed by atoms with Gasteiger partial charge in [0.1, 0.15) is 11.6 Å². The number of hydrogen-bond acceptors (Lipinski definition) is 1. The molecule has 1 atom stereocenters. The predicted molar refractivity (Wildman–Crippen MR) is 71.2 cm³/mol. The van der Waals surface area contributed by atoms with Crippen molar-refractivity contribution in [1.29, 1.82) is 0 Å². The summed E-state index contributed by atoms with van der Waals surface area (Å²) < 4.78 is 26.2. The van der Waals surface area contributed by atoms with Crippen LogP contribution in [0.15, 0.2) is 42.5 Å². The molecule has 0 aliphatic heterocycles. The third kappa shape index (κ3) is 4.01. The number of halogens is 3. The van der Waals surface area contributed by atoms with Crippen LogP contribution in [0.25, 0.3) is 0 Å². The van der Waals surface area contributed by atoms with Gasteiger partial charge in [-0.2, -0.15) is 0 Å². The summed E-state index contributed by atoms with van der Waals surface area (Å²) in [5, 5.41) is 9.99. The summed E-state index contributed by atoms with van der Waals surface area (Å²) in [6, 6.07) is 10.5. The SMILES string of the molecule is OC(Cc1cccc(F)c1)Cc1ccc(Cl)c(F)c1. The molecule has 2 aromatic rings. The van der Waals surface area contributed by atoms with Crippen LogP contribution in [0, 0.1) is 11.6 Å². The van der Waals surface area contributed by atoms with Crippen LogP contribution in [0.4, 0.5) is 8.78 Å². The van der Waals surface area contributed by atoms with Crippen molar-refractivity contribution >= 4 is 11.6 Å². The number of rotatable bonds is 4. The lowest BCUT2D eigenvalue weighted by Crippen LogP contribution is -2.14. The Morgan fingerprint density at radius 2 is 1.68 bits per heavy atom. The van der Waals surface area contributed by atoms with Gasteiger partial charge in [-0.15, -0.1) is 0 Å². The molecule has 0 fully saturated rings. The van der Waals surface area contributed by atoms with Gasteiger partial charge in [-0.25, -0.2) is 8.78 Å². The molecular formula is C15H13ClF2O. The molecule has 0 aromatic heterocycles. The minimum Gasteiger partial charge on any atom is -0.392 e. The molecule has 1 N–H and O–H groups in total. The van der Waals surface area contributed by atoms with Crippen LogP contribution < -0.4 is 0 Å². The highest BCUT2D eigenvalue weighted by Crippen LogP contribution is 2.17. The molecule has 0 aliphatic carbocycles. The molecule has 0 bridgehead atoms. The molecule has 0 aliphatic rings. The zero-order chi connectivity index (χ0) is 13.8. The lowest BCUT2D eigenvalue weighted by Gasteiger charge is -2.11. The average Bonchev–Trinajstić information content (AvgIpc) is 2.34. The quantitative estimate of drug-likeness (QED) is 0.905. The first kappa shape index (κ1) is 14.0. The summed E-state index contributed by atoms with van der Waals surface area (Å²) in [4.78, 5) is 0. The molecule has 0 radical (unpaired) electrons. The molecule has 0 saturated heterocycles. The van der Waals surface area contributed by atoms with E-state index in [-0.39, 0.29) is 10.8 Å². The van der Waals surface area contributed by atoms with Crippen LogP contribution in [-0.2, 0) is 12.8 Å². The molecule has 0 amide bonds. The van der Waals surface area contributed by atoms with Crippen LogP contribution in [0.5, 0.6) is 0 Å². The van der Waals surface area contributed by atoms with Gasteiger partial charge >= 0.3 is 0 Å². The summed E-state index contributed by atoms with van der Waals surface area (Å²) in [7, 11) is 0. The molecular weight excluding hydrogens is 270 g/mol. The Bertz CT molecular complexity index is 572. The van der Waals surface area contributed by atoms with E-state index in [4.69, 9.17) is 11.6 Å². The van der Waals surface area contributed by atoms with Crippen molar-refractivity contribution in [3.05, 3.63) is 70.2 Å². The third-order valence-electron chi connectivity index (χ3n) is 2.82. The molecule has 100 valence electrons. The van der Waals surface area contributed by atoms with Crippen molar-refractivity contribution in [2.45, 2.75) is 18.9 Å². The smallest absolute Gasteiger partial charge is 0.142 e. The van der Waals surface area contributed by atoms with E-state index < -0.39 is 11.9 Å². The van der Waals surface area contributed by atoms with E-state index in [0.717, 1.165) is 0 Å². The lowest BCUT2D eigenvalue weighted by molar-refractivity contribution is 0.175. The predicted octanol–water partition coefficient (Wildman–Crippen LogP) is 3.76. The molecule has 4 heteroatoms. The van der Waals surface area contributed by atoms with E-state index in [9.17, 15) is 13.9 Å². The second-order valence-corrected chi connectivity index (χ2v) is 4.85. The molecule has 2 rings (SSSR count). The molecule has 1 unspecified atom stereocenters. The number of hydrogen-bond donors (Lipinski definition) is 1. The zero-order valence-electron chi connectivity index (χ0n) is 10.1.